The predicted octanol–water partition coefficient (Wildman–Crippen LogP) is 2.93. The van der Waals surface area contributed by atoms with Crippen LogP contribution in [0, 0.1) is 10.1 Å². The van der Waals surface area contributed by atoms with Crippen molar-refractivity contribution in [2.24, 2.45) is 0 Å². The van der Waals surface area contributed by atoms with Crippen LogP contribution in [0.5, 0.6) is 5.75 Å². The Labute approximate surface area is 143 Å². The zero-order chi connectivity index (χ0) is 18.8. The van der Waals surface area contributed by atoms with E-state index in [0.29, 0.717) is 19.0 Å². The Balaban J connectivity index is 0.000000754. The molecule has 0 radical (unpaired) electrons. The first-order chi connectivity index (χ1) is 11.1. The molecule has 11 heteroatoms. The van der Waals surface area contributed by atoms with E-state index in [9.17, 15) is 19.7 Å². The van der Waals surface area contributed by atoms with Crippen LogP contribution in [0.4, 0.5) is 5.69 Å². The van der Waals surface area contributed by atoms with Gasteiger partial charge in [0.05, 0.1) is 18.1 Å². The lowest BCUT2D eigenvalue weighted by Gasteiger charge is -2.20. The first kappa shape index (κ1) is 22.1. The summed E-state index contributed by atoms with van der Waals surface area (Å²) in [7, 11) is 0. The largest absolute Gasteiger partial charge is 0.476 e. The lowest BCUT2D eigenvalue weighted by Crippen LogP contribution is -2.05. The molecule has 0 amide bonds. The number of carboxylic acid groups (broad SMARTS) is 1. The van der Waals surface area contributed by atoms with E-state index in [1.165, 1.54) is 24.3 Å². The van der Waals surface area contributed by atoms with Crippen molar-refractivity contribution >= 4 is 36.0 Å². The standard InChI is InChI=1S/C10H14NO5PS.C3H4O3/c1-3-14-17(18,15-4-2)16-10-7-5-9(6-8-10)11(12)13;1-2(4)3(5)6/h5-8H,3-4H2,1-2H3;1H3,(H,5,6). The molecule has 0 aliphatic carbocycles. The summed E-state index contributed by atoms with van der Waals surface area (Å²) in [6, 6.07) is 5.62. The van der Waals surface area contributed by atoms with E-state index in [2.05, 4.69) is 0 Å². The van der Waals surface area contributed by atoms with Crippen molar-refractivity contribution in [1.82, 2.24) is 0 Å². The number of nitrogens with zero attached hydrogens (tertiary/aromatic N) is 1. The molecule has 0 fully saturated rings. The van der Waals surface area contributed by atoms with Gasteiger partial charge in [-0.3, -0.25) is 24.0 Å². The Morgan fingerprint density at radius 2 is 1.62 bits per heavy atom. The van der Waals surface area contributed by atoms with E-state index < -0.39 is 23.4 Å². The number of carbonyl (C=O) groups is 2. The van der Waals surface area contributed by atoms with Gasteiger partial charge in [0, 0.05) is 30.9 Å². The second-order valence-corrected chi connectivity index (χ2v) is 6.92. The van der Waals surface area contributed by atoms with Gasteiger partial charge in [0.25, 0.3) is 5.69 Å². The fraction of sp³-hybridized carbons (Fsp3) is 0.385. The van der Waals surface area contributed by atoms with Crippen molar-refractivity contribution in [1.29, 1.82) is 0 Å². The molecule has 0 saturated carbocycles. The first-order valence-electron chi connectivity index (χ1n) is 6.72. The molecular formula is C13H18NO8PS. The number of nitro groups is 1. The van der Waals surface area contributed by atoms with Crippen LogP contribution in [-0.4, -0.2) is 35.0 Å². The monoisotopic (exact) mass is 379 g/mol. The Bertz CT molecular complexity index is 597. The minimum absolute atomic E-state index is 0.0107. The number of hydrogen-bond acceptors (Lipinski definition) is 8. The second-order valence-electron chi connectivity index (χ2n) is 3.99. The summed E-state index contributed by atoms with van der Waals surface area (Å²) in [6.07, 6.45) is 0. The molecule has 1 aromatic carbocycles. The fourth-order valence-electron chi connectivity index (χ4n) is 1.16. The maximum atomic E-state index is 10.5. The molecule has 9 nitrogen and oxygen atoms in total. The van der Waals surface area contributed by atoms with Gasteiger partial charge in [-0.1, -0.05) is 0 Å². The number of carbonyl (C=O) groups excluding carboxylic acids is 1. The van der Waals surface area contributed by atoms with Gasteiger partial charge < -0.3 is 9.63 Å². The molecule has 0 aliphatic heterocycles. The van der Waals surface area contributed by atoms with Crippen LogP contribution in [0.25, 0.3) is 0 Å². The number of benzene rings is 1. The van der Waals surface area contributed by atoms with E-state index in [0.717, 1.165) is 6.92 Å². The van der Waals surface area contributed by atoms with Crippen molar-refractivity contribution in [3.05, 3.63) is 34.4 Å². The highest BCUT2D eigenvalue weighted by atomic mass is 32.5. The average Bonchev–Trinajstić information content (AvgIpc) is 2.48. The van der Waals surface area contributed by atoms with Crippen LogP contribution >= 0.6 is 6.72 Å². The number of non-ortho nitro benzene ring substituents is 1. The van der Waals surface area contributed by atoms with Crippen LogP contribution in [0.2, 0.25) is 0 Å². The summed E-state index contributed by atoms with van der Waals surface area (Å²) in [5.41, 5.74) is -0.0107. The van der Waals surface area contributed by atoms with Crippen LogP contribution in [0.15, 0.2) is 24.3 Å². The highest BCUT2D eigenvalue weighted by Crippen LogP contribution is 2.49. The summed E-state index contributed by atoms with van der Waals surface area (Å²) in [4.78, 5) is 28.9. The molecule has 1 rings (SSSR count). The third kappa shape index (κ3) is 8.68. The smallest absolute Gasteiger partial charge is 0.380 e. The highest BCUT2D eigenvalue weighted by molar-refractivity contribution is 8.07. The molecule has 0 bridgehead atoms. The third-order valence-corrected chi connectivity index (χ3v) is 4.58. The number of Topliss-reactive ketones (excluding diaryl/α,β-unsaturated/α-hetero) is 1. The molecule has 1 N–H and O–H groups in total. The SMILES string of the molecule is CC(=O)C(=O)O.CCOP(=S)(OCC)Oc1ccc([N+](=O)[O-])cc1. The van der Waals surface area contributed by atoms with Crippen LogP contribution < -0.4 is 4.52 Å². The van der Waals surface area contributed by atoms with Crippen LogP contribution in [-0.2, 0) is 30.4 Å². The Hall–Kier alpha value is -1.87. The summed E-state index contributed by atoms with van der Waals surface area (Å²) in [6.45, 7) is 2.53. The summed E-state index contributed by atoms with van der Waals surface area (Å²) >= 11 is 5.18. The second kappa shape index (κ2) is 10.8. The van der Waals surface area contributed by atoms with Crippen molar-refractivity contribution in [3.8, 4) is 5.75 Å². The fourth-order valence-corrected chi connectivity index (χ4v) is 3.25. The summed E-state index contributed by atoms with van der Waals surface area (Å²) < 4.78 is 16.1. The highest BCUT2D eigenvalue weighted by Gasteiger charge is 2.21. The number of nitro benzene ring substituents is 1. The molecule has 134 valence electrons. The van der Waals surface area contributed by atoms with Crippen molar-refractivity contribution in [2.45, 2.75) is 20.8 Å². The average molecular weight is 379 g/mol. The molecule has 0 saturated heterocycles. The van der Waals surface area contributed by atoms with Gasteiger partial charge >= 0.3 is 12.7 Å². The van der Waals surface area contributed by atoms with Gasteiger partial charge in [0.2, 0.25) is 5.78 Å². The number of hydrogen-bond donors (Lipinski definition) is 1. The number of rotatable bonds is 8. The lowest BCUT2D eigenvalue weighted by atomic mass is 10.3. The minimum Gasteiger partial charge on any atom is -0.476 e. The first-order valence-corrected chi connectivity index (χ1v) is 9.27. The van der Waals surface area contributed by atoms with Gasteiger partial charge in [-0.15, -0.1) is 0 Å². The van der Waals surface area contributed by atoms with E-state index in [-0.39, 0.29) is 5.69 Å². The maximum absolute atomic E-state index is 10.5. The maximum Gasteiger partial charge on any atom is 0.380 e. The quantitative estimate of drug-likeness (QED) is 0.314. The molecule has 0 aromatic heterocycles. The topological polar surface area (TPSA) is 125 Å². The number of aliphatic carboxylic acids is 1. The lowest BCUT2D eigenvalue weighted by molar-refractivity contribution is -0.384. The number of ketones is 1. The molecule has 0 unspecified atom stereocenters. The zero-order valence-electron chi connectivity index (χ0n) is 13.3. The molecule has 0 spiro atoms. The Morgan fingerprint density at radius 3 is 1.92 bits per heavy atom. The van der Waals surface area contributed by atoms with E-state index in [4.69, 9.17) is 30.5 Å². The van der Waals surface area contributed by atoms with Gasteiger partial charge in [0.1, 0.15) is 5.75 Å². The molecule has 24 heavy (non-hydrogen) atoms. The van der Waals surface area contributed by atoms with Gasteiger partial charge in [-0.2, -0.15) is 0 Å². The van der Waals surface area contributed by atoms with Gasteiger partial charge in [-0.25, -0.2) is 4.79 Å². The van der Waals surface area contributed by atoms with E-state index in [1.807, 2.05) is 0 Å². The molecular weight excluding hydrogens is 361 g/mol. The van der Waals surface area contributed by atoms with E-state index in [1.54, 1.807) is 13.8 Å². The van der Waals surface area contributed by atoms with Crippen LogP contribution in [0.3, 0.4) is 0 Å². The van der Waals surface area contributed by atoms with Crippen molar-refractivity contribution in [2.75, 3.05) is 13.2 Å². The molecule has 0 aliphatic rings. The van der Waals surface area contributed by atoms with Crippen LogP contribution in [0.1, 0.15) is 20.8 Å². The molecule has 0 atom stereocenters. The Kier molecular flexibility index (Phi) is 9.98. The van der Waals surface area contributed by atoms with Crippen molar-refractivity contribution < 1.29 is 33.2 Å². The minimum atomic E-state index is -2.82. The van der Waals surface area contributed by atoms with Gasteiger partial charge in [-0.05, 0) is 26.0 Å². The normalized spacial score (nSPS) is 10.3. The molecule has 1 aromatic rings. The van der Waals surface area contributed by atoms with Crippen molar-refractivity contribution in [3.63, 3.8) is 0 Å². The van der Waals surface area contributed by atoms with Gasteiger partial charge in [0.15, 0.2) is 0 Å². The Morgan fingerprint density at radius 1 is 1.21 bits per heavy atom. The zero-order valence-corrected chi connectivity index (χ0v) is 15.0. The summed E-state index contributed by atoms with van der Waals surface area (Å²) in [5, 5.41) is 18.1. The number of carboxylic acids is 1. The molecule has 0 heterocycles. The predicted molar refractivity (Wildman–Crippen MR) is 89.6 cm³/mol. The third-order valence-electron chi connectivity index (χ3n) is 2.14. The summed E-state index contributed by atoms with van der Waals surface area (Å²) in [5.74, 6) is -1.81. The van der Waals surface area contributed by atoms with E-state index >= 15 is 0 Å².